The molecule has 1 aliphatic heterocycles. The first-order valence-electron chi connectivity index (χ1n) is 10.0. The molecular weight excluding hydrogens is 436 g/mol. The number of thiocarbonyl (C=S) groups is 1. The van der Waals surface area contributed by atoms with Crippen molar-refractivity contribution >= 4 is 52.1 Å². The molecule has 1 heterocycles. The van der Waals surface area contributed by atoms with Gasteiger partial charge in [-0.05, 0) is 42.5 Å². The maximum Gasteiger partial charge on any atom is 0.261 e. The number of hydrogen-bond donors (Lipinski definition) is 2. The normalized spacial score (nSPS) is 13.5. The van der Waals surface area contributed by atoms with Gasteiger partial charge in [-0.3, -0.25) is 14.9 Å². The molecular formula is C22H25ClN4O3S. The molecule has 0 spiro atoms. The zero-order valence-corrected chi connectivity index (χ0v) is 19.1. The molecule has 0 aromatic heterocycles. The Hall–Kier alpha value is -2.84. The van der Waals surface area contributed by atoms with Crippen LogP contribution in [0, 0.1) is 0 Å². The van der Waals surface area contributed by atoms with Gasteiger partial charge in [0.25, 0.3) is 5.91 Å². The molecule has 0 unspecified atom stereocenters. The van der Waals surface area contributed by atoms with Gasteiger partial charge in [0, 0.05) is 37.6 Å². The first kappa shape index (κ1) is 22.8. The monoisotopic (exact) mass is 460 g/mol. The molecule has 0 saturated carbocycles. The SMILES string of the molecule is CCC(=O)N1CCN(c2ccccc2NC(=S)NC(=O)c2cc(Cl)ccc2OC)CC1. The molecule has 2 amide bonds. The van der Waals surface area contributed by atoms with Gasteiger partial charge in [-0.15, -0.1) is 0 Å². The third-order valence-electron chi connectivity index (χ3n) is 5.06. The average molecular weight is 461 g/mol. The number of benzene rings is 2. The van der Waals surface area contributed by atoms with Crippen molar-refractivity contribution in [2.45, 2.75) is 13.3 Å². The summed E-state index contributed by atoms with van der Waals surface area (Å²) in [6.45, 7) is 4.68. The van der Waals surface area contributed by atoms with Gasteiger partial charge in [-0.25, -0.2) is 0 Å². The summed E-state index contributed by atoms with van der Waals surface area (Å²) in [4.78, 5) is 28.7. The second kappa shape index (κ2) is 10.5. The maximum absolute atomic E-state index is 12.7. The summed E-state index contributed by atoms with van der Waals surface area (Å²) in [7, 11) is 1.49. The first-order chi connectivity index (χ1) is 14.9. The molecule has 2 aromatic carbocycles. The summed E-state index contributed by atoms with van der Waals surface area (Å²) >= 11 is 11.4. The lowest BCUT2D eigenvalue weighted by Gasteiger charge is -2.37. The summed E-state index contributed by atoms with van der Waals surface area (Å²) in [6, 6.07) is 12.5. The Morgan fingerprint density at radius 2 is 1.84 bits per heavy atom. The van der Waals surface area contributed by atoms with Gasteiger partial charge in [-0.1, -0.05) is 30.7 Å². The van der Waals surface area contributed by atoms with Gasteiger partial charge in [0.2, 0.25) is 5.91 Å². The highest BCUT2D eigenvalue weighted by molar-refractivity contribution is 7.80. The van der Waals surface area contributed by atoms with E-state index in [1.54, 1.807) is 12.1 Å². The van der Waals surface area contributed by atoms with Crippen LogP contribution in [-0.4, -0.2) is 55.1 Å². The average Bonchev–Trinajstić information content (AvgIpc) is 2.79. The van der Waals surface area contributed by atoms with Crippen LogP contribution in [0.3, 0.4) is 0 Å². The lowest BCUT2D eigenvalue weighted by Crippen LogP contribution is -2.48. The Kier molecular flexibility index (Phi) is 7.70. The second-order valence-corrected chi connectivity index (χ2v) is 7.84. The van der Waals surface area contributed by atoms with Crippen LogP contribution in [0.1, 0.15) is 23.7 Å². The van der Waals surface area contributed by atoms with E-state index in [1.807, 2.05) is 36.1 Å². The number of ether oxygens (including phenoxy) is 1. The standard InChI is InChI=1S/C22H25ClN4O3S/c1-3-20(28)27-12-10-26(11-13-27)18-7-5-4-6-17(18)24-22(31)25-21(29)16-14-15(23)8-9-19(16)30-2/h4-9,14H,3,10-13H2,1-2H3,(H2,24,25,29,31). The van der Waals surface area contributed by atoms with E-state index in [2.05, 4.69) is 15.5 Å². The van der Waals surface area contributed by atoms with Crippen molar-refractivity contribution in [3.63, 3.8) is 0 Å². The lowest BCUT2D eigenvalue weighted by atomic mass is 10.2. The van der Waals surface area contributed by atoms with E-state index in [9.17, 15) is 9.59 Å². The highest BCUT2D eigenvalue weighted by Gasteiger charge is 2.22. The van der Waals surface area contributed by atoms with E-state index in [0.717, 1.165) is 24.5 Å². The molecule has 0 aliphatic carbocycles. The molecule has 164 valence electrons. The van der Waals surface area contributed by atoms with Gasteiger partial charge in [0.1, 0.15) is 5.75 Å². The third-order valence-corrected chi connectivity index (χ3v) is 5.50. The summed E-state index contributed by atoms with van der Waals surface area (Å²) in [6.07, 6.45) is 0.517. The molecule has 0 bridgehead atoms. The highest BCUT2D eigenvalue weighted by atomic mass is 35.5. The molecule has 3 rings (SSSR count). The Morgan fingerprint density at radius 3 is 2.52 bits per heavy atom. The minimum absolute atomic E-state index is 0.166. The predicted molar refractivity (Wildman–Crippen MR) is 127 cm³/mol. The molecule has 2 N–H and O–H groups in total. The largest absolute Gasteiger partial charge is 0.496 e. The summed E-state index contributed by atoms with van der Waals surface area (Å²) in [5, 5.41) is 6.38. The number of amides is 2. The number of rotatable bonds is 5. The van der Waals surface area contributed by atoms with Crippen LogP contribution in [0.25, 0.3) is 0 Å². The maximum atomic E-state index is 12.7. The smallest absolute Gasteiger partial charge is 0.261 e. The molecule has 9 heteroatoms. The number of nitrogens with zero attached hydrogens (tertiary/aromatic N) is 2. The minimum atomic E-state index is -0.416. The minimum Gasteiger partial charge on any atom is -0.496 e. The number of carbonyl (C=O) groups excluding carboxylic acids is 2. The fourth-order valence-electron chi connectivity index (χ4n) is 3.46. The van der Waals surface area contributed by atoms with Gasteiger partial charge in [-0.2, -0.15) is 0 Å². The second-order valence-electron chi connectivity index (χ2n) is 6.99. The molecule has 1 saturated heterocycles. The topological polar surface area (TPSA) is 73.9 Å². The first-order valence-corrected chi connectivity index (χ1v) is 10.8. The Labute approximate surface area is 192 Å². The van der Waals surface area contributed by atoms with Crippen LogP contribution in [-0.2, 0) is 4.79 Å². The molecule has 0 atom stereocenters. The number of methoxy groups -OCH3 is 1. The van der Waals surface area contributed by atoms with Gasteiger partial charge >= 0.3 is 0 Å². The van der Waals surface area contributed by atoms with E-state index >= 15 is 0 Å². The number of nitrogens with one attached hydrogen (secondary N) is 2. The predicted octanol–water partition coefficient (Wildman–Crippen LogP) is 3.53. The van der Waals surface area contributed by atoms with Crippen LogP contribution < -0.4 is 20.3 Å². The number of carbonyl (C=O) groups is 2. The summed E-state index contributed by atoms with van der Waals surface area (Å²) in [5.74, 6) is 0.164. The van der Waals surface area contributed by atoms with Gasteiger partial charge in [0.15, 0.2) is 5.11 Å². The van der Waals surface area contributed by atoms with Crippen LogP contribution in [0.2, 0.25) is 5.02 Å². The van der Waals surface area contributed by atoms with Crippen molar-refractivity contribution < 1.29 is 14.3 Å². The van der Waals surface area contributed by atoms with Crippen LogP contribution >= 0.6 is 23.8 Å². The number of halogens is 1. The Bertz CT molecular complexity index is 977. The molecule has 0 radical (unpaired) electrons. The summed E-state index contributed by atoms with van der Waals surface area (Å²) in [5.41, 5.74) is 2.04. The Balaban J connectivity index is 1.67. The van der Waals surface area contributed by atoms with E-state index < -0.39 is 5.91 Å². The summed E-state index contributed by atoms with van der Waals surface area (Å²) < 4.78 is 5.24. The van der Waals surface area contributed by atoms with Crippen molar-refractivity contribution in [1.29, 1.82) is 0 Å². The number of piperazine rings is 1. The fraction of sp³-hybridized carbons (Fsp3) is 0.318. The van der Waals surface area contributed by atoms with Crippen molar-refractivity contribution in [2.75, 3.05) is 43.5 Å². The highest BCUT2D eigenvalue weighted by Crippen LogP contribution is 2.27. The molecule has 1 fully saturated rings. The van der Waals surface area contributed by atoms with Gasteiger partial charge in [0.05, 0.1) is 24.0 Å². The lowest BCUT2D eigenvalue weighted by molar-refractivity contribution is -0.131. The van der Waals surface area contributed by atoms with Crippen molar-refractivity contribution in [3.05, 3.63) is 53.1 Å². The third kappa shape index (κ3) is 5.65. The quantitative estimate of drug-likeness (QED) is 0.665. The number of anilines is 2. The van der Waals surface area contributed by atoms with Crippen molar-refractivity contribution in [1.82, 2.24) is 10.2 Å². The number of hydrogen-bond acceptors (Lipinski definition) is 5. The molecule has 31 heavy (non-hydrogen) atoms. The fourth-order valence-corrected chi connectivity index (χ4v) is 3.83. The Morgan fingerprint density at radius 1 is 1.13 bits per heavy atom. The zero-order valence-electron chi connectivity index (χ0n) is 17.5. The molecule has 1 aliphatic rings. The van der Waals surface area contributed by atoms with Crippen LogP contribution in [0.4, 0.5) is 11.4 Å². The van der Waals surface area contributed by atoms with Crippen molar-refractivity contribution in [3.8, 4) is 5.75 Å². The molecule has 2 aromatic rings. The molecule has 7 nitrogen and oxygen atoms in total. The van der Waals surface area contributed by atoms with Crippen LogP contribution in [0.15, 0.2) is 42.5 Å². The van der Waals surface area contributed by atoms with E-state index in [-0.39, 0.29) is 11.0 Å². The van der Waals surface area contributed by atoms with E-state index in [1.165, 1.54) is 13.2 Å². The van der Waals surface area contributed by atoms with Crippen molar-refractivity contribution in [2.24, 2.45) is 0 Å². The number of para-hydroxylation sites is 2. The van der Waals surface area contributed by atoms with E-state index in [0.29, 0.717) is 35.8 Å². The zero-order chi connectivity index (χ0) is 22.4. The van der Waals surface area contributed by atoms with Crippen LogP contribution in [0.5, 0.6) is 5.75 Å². The van der Waals surface area contributed by atoms with E-state index in [4.69, 9.17) is 28.6 Å². The van der Waals surface area contributed by atoms with Gasteiger partial charge < -0.3 is 19.9 Å².